The molecule has 1 heterocycles. The van der Waals surface area contributed by atoms with Gasteiger partial charge in [-0.1, -0.05) is 23.7 Å². The largest absolute Gasteiger partial charge is 0.360 e. The fraction of sp³-hybridized carbons (Fsp3) is 0.118. The van der Waals surface area contributed by atoms with Crippen LogP contribution in [0.3, 0.4) is 0 Å². The maximum absolute atomic E-state index is 13.4. The number of imidazole rings is 1. The second-order valence-corrected chi connectivity index (χ2v) is 6.82. The first kappa shape index (κ1) is 18.7. The minimum atomic E-state index is -4.30. The molecule has 0 saturated carbocycles. The zero-order valence-corrected chi connectivity index (χ0v) is 14.4. The van der Waals surface area contributed by atoms with Crippen molar-refractivity contribution in [2.24, 2.45) is 0 Å². The maximum atomic E-state index is 13.4. The van der Waals surface area contributed by atoms with Crippen molar-refractivity contribution in [1.29, 1.82) is 0 Å². The second kappa shape index (κ2) is 7.28. The molecular weight excluding hydrogens is 395 g/mol. The summed E-state index contributed by atoms with van der Waals surface area (Å²) >= 11 is 5.48. The second-order valence-electron chi connectivity index (χ2n) is 5.24. The number of aromatic nitrogens is 2. The summed E-state index contributed by atoms with van der Waals surface area (Å²) in [4.78, 5) is 6.66. The minimum absolute atomic E-state index is 0.265. The average molecular weight is 405 g/mol. The van der Waals surface area contributed by atoms with E-state index >= 15 is 0 Å². The molecule has 2 nitrogen and oxygen atoms in total. The average Bonchev–Trinajstić information content (AvgIpc) is 2.99. The standard InChI is InChI=1S/C17H10ClF5N2S/c18-11-5-1-9(2-6-11)13-14(10-3-7-12(19)8-4-10)25-16(24-13)26-17(22,23)15(20)21/h1-8,15H,(H,24,25). The quantitative estimate of drug-likeness (QED) is 0.389. The summed E-state index contributed by atoms with van der Waals surface area (Å²) in [6.45, 7) is 0. The van der Waals surface area contributed by atoms with Crippen LogP contribution in [0.2, 0.25) is 5.02 Å². The summed E-state index contributed by atoms with van der Waals surface area (Å²) in [5.74, 6) is -0.472. The SMILES string of the molecule is Fc1ccc(-c2[nH]c(SC(F)(F)C(F)F)nc2-c2ccc(Cl)cc2)cc1. The van der Waals surface area contributed by atoms with Crippen molar-refractivity contribution in [2.75, 3.05) is 0 Å². The van der Waals surface area contributed by atoms with Gasteiger partial charge in [0.1, 0.15) is 5.82 Å². The fourth-order valence-electron chi connectivity index (χ4n) is 2.22. The van der Waals surface area contributed by atoms with Crippen LogP contribution in [0.25, 0.3) is 22.5 Å². The molecule has 0 unspecified atom stereocenters. The van der Waals surface area contributed by atoms with Gasteiger partial charge in [0.15, 0.2) is 5.16 Å². The predicted molar refractivity (Wildman–Crippen MR) is 91.2 cm³/mol. The molecule has 0 saturated heterocycles. The lowest BCUT2D eigenvalue weighted by atomic mass is 10.1. The molecule has 0 amide bonds. The molecule has 0 spiro atoms. The maximum Gasteiger partial charge on any atom is 0.360 e. The lowest BCUT2D eigenvalue weighted by molar-refractivity contribution is -0.0565. The van der Waals surface area contributed by atoms with Crippen molar-refractivity contribution in [2.45, 2.75) is 16.8 Å². The van der Waals surface area contributed by atoms with E-state index in [0.717, 1.165) is 0 Å². The molecule has 9 heteroatoms. The zero-order chi connectivity index (χ0) is 18.9. The predicted octanol–water partition coefficient (Wildman–Crippen LogP) is 6.49. The zero-order valence-electron chi connectivity index (χ0n) is 12.8. The molecule has 136 valence electrons. The smallest absolute Gasteiger partial charge is 0.332 e. The van der Waals surface area contributed by atoms with Crippen LogP contribution in [0, 0.1) is 5.82 Å². The van der Waals surface area contributed by atoms with Crippen molar-refractivity contribution in [1.82, 2.24) is 9.97 Å². The highest BCUT2D eigenvalue weighted by Gasteiger charge is 2.43. The third kappa shape index (κ3) is 4.02. The van der Waals surface area contributed by atoms with Gasteiger partial charge in [0, 0.05) is 16.1 Å². The summed E-state index contributed by atoms with van der Waals surface area (Å²) in [6, 6.07) is 11.7. The van der Waals surface area contributed by atoms with Crippen molar-refractivity contribution in [3.8, 4) is 22.5 Å². The summed E-state index contributed by atoms with van der Waals surface area (Å²) in [7, 11) is 0. The lowest BCUT2D eigenvalue weighted by Crippen LogP contribution is -2.21. The third-order valence-electron chi connectivity index (χ3n) is 3.42. The Kier molecular flexibility index (Phi) is 5.24. The van der Waals surface area contributed by atoms with E-state index in [1.54, 1.807) is 24.3 Å². The Morgan fingerprint density at radius 1 is 0.962 bits per heavy atom. The fourth-order valence-corrected chi connectivity index (χ4v) is 2.98. The normalized spacial score (nSPS) is 12.0. The van der Waals surface area contributed by atoms with E-state index in [1.807, 2.05) is 0 Å². The molecule has 0 bridgehead atoms. The molecule has 26 heavy (non-hydrogen) atoms. The van der Waals surface area contributed by atoms with Gasteiger partial charge in [-0.15, -0.1) is 0 Å². The van der Waals surface area contributed by atoms with E-state index in [-0.39, 0.29) is 22.6 Å². The number of nitrogens with one attached hydrogen (secondary N) is 1. The third-order valence-corrected chi connectivity index (χ3v) is 4.51. The summed E-state index contributed by atoms with van der Waals surface area (Å²) in [6.07, 6.45) is -3.84. The van der Waals surface area contributed by atoms with Gasteiger partial charge in [-0.05, 0) is 48.2 Å². The molecule has 2 aromatic carbocycles. The molecular formula is C17H10ClF5N2S. The number of hydrogen-bond acceptors (Lipinski definition) is 2. The van der Waals surface area contributed by atoms with E-state index in [0.29, 0.717) is 21.8 Å². The highest BCUT2D eigenvalue weighted by molar-refractivity contribution is 8.00. The van der Waals surface area contributed by atoms with Crippen LogP contribution in [-0.4, -0.2) is 21.6 Å². The Morgan fingerprint density at radius 2 is 1.54 bits per heavy atom. The van der Waals surface area contributed by atoms with Crippen LogP contribution in [0.4, 0.5) is 22.0 Å². The van der Waals surface area contributed by atoms with Crippen molar-refractivity contribution in [3.63, 3.8) is 0 Å². The van der Waals surface area contributed by atoms with Gasteiger partial charge >= 0.3 is 11.7 Å². The van der Waals surface area contributed by atoms with Crippen LogP contribution in [0.1, 0.15) is 0 Å². The number of benzene rings is 2. The van der Waals surface area contributed by atoms with Crippen molar-refractivity contribution in [3.05, 3.63) is 59.4 Å². The number of hydrogen-bond donors (Lipinski definition) is 1. The van der Waals surface area contributed by atoms with Crippen LogP contribution in [-0.2, 0) is 0 Å². The van der Waals surface area contributed by atoms with E-state index in [4.69, 9.17) is 11.6 Å². The van der Waals surface area contributed by atoms with Gasteiger partial charge in [0.25, 0.3) is 0 Å². The van der Waals surface area contributed by atoms with E-state index in [9.17, 15) is 22.0 Å². The van der Waals surface area contributed by atoms with Gasteiger partial charge in [-0.2, -0.15) is 8.78 Å². The number of rotatable bonds is 5. The number of halogens is 6. The molecule has 1 N–H and O–H groups in total. The van der Waals surface area contributed by atoms with E-state index in [1.165, 1.54) is 24.3 Å². The van der Waals surface area contributed by atoms with Gasteiger partial charge in [0.05, 0.1) is 11.4 Å². The molecule has 0 fully saturated rings. The Balaban J connectivity index is 2.08. The molecule has 0 atom stereocenters. The van der Waals surface area contributed by atoms with Gasteiger partial charge in [-0.3, -0.25) is 0 Å². The van der Waals surface area contributed by atoms with Gasteiger partial charge < -0.3 is 4.98 Å². The van der Waals surface area contributed by atoms with Gasteiger partial charge in [0.2, 0.25) is 0 Å². The molecule has 1 aromatic heterocycles. The number of alkyl halides is 4. The Labute approximate surface area is 154 Å². The molecule has 3 rings (SSSR count). The molecule has 0 radical (unpaired) electrons. The first-order valence-electron chi connectivity index (χ1n) is 7.23. The summed E-state index contributed by atoms with van der Waals surface area (Å²) in [5, 5.41) is -4.21. The summed E-state index contributed by atoms with van der Waals surface area (Å²) < 4.78 is 64.8. The number of nitrogens with zero attached hydrogens (tertiary/aromatic N) is 1. The van der Waals surface area contributed by atoms with Gasteiger partial charge in [-0.25, -0.2) is 18.2 Å². The first-order valence-corrected chi connectivity index (χ1v) is 8.42. The number of H-pyrrole nitrogens is 1. The Bertz CT molecular complexity index is 832. The Morgan fingerprint density at radius 3 is 2.12 bits per heavy atom. The monoisotopic (exact) mass is 404 g/mol. The Hall–Kier alpha value is -2.06. The first-order chi connectivity index (χ1) is 12.3. The molecule has 0 aliphatic carbocycles. The van der Waals surface area contributed by atoms with Crippen molar-refractivity contribution >= 4 is 23.4 Å². The summed E-state index contributed by atoms with van der Waals surface area (Å²) in [5.41, 5.74) is 1.58. The van der Waals surface area contributed by atoms with E-state index < -0.39 is 17.5 Å². The molecule has 0 aliphatic rings. The minimum Gasteiger partial charge on any atom is -0.332 e. The lowest BCUT2D eigenvalue weighted by Gasteiger charge is -2.11. The van der Waals surface area contributed by atoms with Crippen LogP contribution >= 0.6 is 23.4 Å². The highest BCUT2D eigenvalue weighted by Crippen LogP contribution is 2.42. The van der Waals surface area contributed by atoms with Crippen LogP contribution < -0.4 is 0 Å². The van der Waals surface area contributed by atoms with Crippen LogP contribution in [0.15, 0.2) is 53.7 Å². The highest BCUT2D eigenvalue weighted by atomic mass is 35.5. The molecule has 0 aliphatic heterocycles. The van der Waals surface area contributed by atoms with Crippen LogP contribution in [0.5, 0.6) is 0 Å². The topological polar surface area (TPSA) is 28.7 Å². The van der Waals surface area contributed by atoms with E-state index in [2.05, 4.69) is 9.97 Å². The number of aromatic amines is 1. The number of thioether (sulfide) groups is 1. The van der Waals surface area contributed by atoms with Crippen molar-refractivity contribution < 1.29 is 22.0 Å². The molecule has 3 aromatic rings.